The predicted molar refractivity (Wildman–Crippen MR) is 121 cm³/mol. The zero-order chi connectivity index (χ0) is 21.2. The number of unbranched alkanes of at least 4 members (excludes halogenated alkanes) is 1. The number of benzene rings is 2. The third kappa shape index (κ3) is 7.14. The highest BCUT2D eigenvalue weighted by molar-refractivity contribution is 9.10. The molecule has 2 rings (SSSR count). The van der Waals surface area contributed by atoms with Crippen molar-refractivity contribution in [3.05, 3.63) is 58.1 Å². The van der Waals surface area contributed by atoms with Crippen molar-refractivity contribution < 1.29 is 19.1 Å². The van der Waals surface area contributed by atoms with E-state index in [-0.39, 0.29) is 17.0 Å². The van der Waals surface area contributed by atoms with E-state index in [1.165, 1.54) is 0 Å². The average molecular weight is 479 g/mol. The lowest BCUT2D eigenvalue weighted by molar-refractivity contribution is 0.0499. The first-order valence-corrected chi connectivity index (χ1v) is 10.5. The van der Waals surface area contributed by atoms with Crippen LogP contribution < -0.4 is 15.4 Å². The van der Waals surface area contributed by atoms with Crippen molar-refractivity contribution in [3.8, 4) is 5.75 Å². The fraction of sp³-hybridized carbons (Fsp3) is 0.286. The molecule has 29 heavy (non-hydrogen) atoms. The number of ether oxygens (including phenoxy) is 2. The number of esters is 1. The summed E-state index contributed by atoms with van der Waals surface area (Å²) in [7, 11) is 0. The highest BCUT2D eigenvalue weighted by Gasteiger charge is 2.12. The first-order chi connectivity index (χ1) is 13.9. The second-order valence-corrected chi connectivity index (χ2v) is 7.32. The molecular formula is C21H23BrN2O4S. The van der Waals surface area contributed by atoms with Gasteiger partial charge in [0.1, 0.15) is 5.75 Å². The van der Waals surface area contributed by atoms with Gasteiger partial charge < -0.3 is 14.8 Å². The van der Waals surface area contributed by atoms with Crippen LogP contribution in [-0.4, -0.2) is 30.2 Å². The molecule has 0 aliphatic heterocycles. The van der Waals surface area contributed by atoms with Gasteiger partial charge in [0.25, 0.3) is 5.91 Å². The van der Waals surface area contributed by atoms with Gasteiger partial charge in [-0.1, -0.05) is 13.3 Å². The summed E-state index contributed by atoms with van der Waals surface area (Å²) >= 11 is 8.58. The van der Waals surface area contributed by atoms with Gasteiger partial charge >= 0.3 is 5.97 Å². The SMILES string of the molecule is CCCCOC(=O)c1ccc(NC(=S)NC(=O)c2ccc(OCC)c(Br)c2)cc1. The molecular weight excluding hydrogens is 456 g/mol. The summed E-state index contributed by atoms with van der Waals surface area (Å²) < 4.78 is 11.3. The van der Waals surface area contributed by atoms with Gasteiger partial charge in [-0.05, 0) is 84.0 Å². The minimum atomic E-state index is -0.359. The van der Waals surface area contributed by atoms with Gasteiger partial charge in [0.15, 0.2) is 5.11 Å². The number of thiocarbonyl (C=S) groups is 1. The van der Waals surface area contributed by atoms with Crippen LogP contribution in [-0.2, 0) is 4.74 Å². The van der Waals surface area contributed by atoms with Crippen LogP contribution in [0, 0.1) is 0 Å². The van der Waals surface area contributed by atoms with Crippen molar-refractivity contribution in [2.75, 3.05) is 18.5 Å². The van der Waals surface area contributed by atoms with Crippen molar-refractivity contribution in [2.45, 2.75) is 26.7 Å². The molecule has 6 nitrogen and oxygen atoms in total. The van der Waals surface area contributed by atoms with E-state index >= 15 is 0 Å². The largest absolute Gasteiger partial charge is 0.493 e. The number of hydrogen-bond acceptors (Lipinski definition) is 5. The normalized spacial score (nSPS) is 10.2. The fourth-order valence-corrected chi connectivity index (χ4v) is 3.04. The molecule has 0 aliphatic rings. The number of amides is 1. The standard InChI is InChI=1S/C21H23BrN2O4S/c1-3-5-12-28-20(26)14-6-9-16(10-7-14)23-21(29)24-19(25)15-8-11-18(27-4-2)17(22)13-15/h6-11,13H,3-5,12H2,1-2H3,(H2,23,24,25,29). The van der Waals surface area contributed by atoms with E-state index in [2.05, 4.69) is 26.6 Å². The van der Waals surface area contributed by atoms with Crippen LogP contribution in [0.25, 0.3) is 0 Å². The van der Waals surface area contributed by atoms with E-state index < -0.39 is 0 Å². The quantitative estimate of drug-likeness (QED) is 0.318. The lowest BCUT2D eigenvalue weighted by Crippen LogP contribution is -2.34. The molecule has 154 valence electrons. The second kappa shape index (κ2) is 11.5. The molecule has 0 bridgehead atoms. The van der Waals surface area contributed by atoms with E-state index in [0.29, 0.717) is 40.3 Å². The third-order valence-corrected chi connectivity index (χ3v) is 4.65. The smallest absolute Gasteiger partial charge is 0.338 e. The van der Waals surface area contributed by atoms with Gasteiger partial charge in [-0.3, -0.25) is 10.1 Å². The van der Waals surface area contributed by atoms with E-state index in [0.717, 1.165) is 12.8 Å². The van der Waals surface area contributed by atoms with Gasteiger partial charge in [0.2, 0.25) is 0 Å². The molecule has 2 aromatic carbocycles. The topological polar surface area (TPSA) is 76.7 Å². The molecule has 2 N–H and O–H groups in total. The lowest BCUT2D eigenvalue weighted by atomic mass is 10.2. The van der Waals surface area contributed by atoms with Gasteiger partial charge in [-0.25, -0.2) is 4.79 Å². The minimum Gasteiger partial charge on any atom is -0.493 e. The average Bonchev–Trinajstić information content (AvgIpc) is 2.70. The van der Waals surface area contributed by atoms with Crippen molar-refractivity contribution >= 4 is 50.8 Å². The summed E-state index contributed by atoms with van der Waals surface area (Å²) in [4.78, 5) is 24.3. The van der Waals surface area contributed by atoms with Crippen LogP contribution >= 0.6 is 28.1 Å². The highest BCUT2D eigenvalue weighted by Crippen LogP contribution is 2.26. The molecule has 0 atom stereocenters. The monoisotopic (exact) mass is 478 g/mol. The maximum absolute atomic E-state index is 12.4. The first-order valence-electron chi connectivity index (χ1n) is 9.26. The summed E-state index contributed by atoms with van der Waals surface area (Å²) in [6.07, 6.45) is 1.80. The van der Waals surface area contributed by atoms with Crippen LogP contribution in [0.15, 0.2) is 46.9 Å². The van der Waals surface area contributed by atoms with Crippen molar-refractivity contribution in [2.24, 2.45) is 0 Å². The van der Waals surface area contributed by atoms with Gasteiger partial charge in [-0.2, -0.15) is 0 Å². The Morgan fingerprint density at radius 1 is 1.07 bits per heavy atom. The van der Waals surface area contributed by atoms with Gasteiger partial charge in [-0.15, -0.1) is 0 Å². The molecule has 0 radical (unpaired) electrons. The Morgan fingerprint density at radius 2 is 1.76 bits per heavy atom. The summed E-state index contributed by atoms with van der Waals surface area (Å²) in [6, 6.07) is 11.7. The Labute approximate surface area is 184 Å². The molecule has 1 amide bonds. The van der Waals surface area contributed by atoms with Crippen LogP contribution in [0.2, 0.25) is 0 Å². The summed E-state index contributed by atoms with van der Waals surface area (Å²) in [6.45, 7) is 4.87. The molecule has 0 saturated carbocycles. The Kier molecular flexibility index (Phi) is 9.08. The number of hydrogen-bond donors (Lipinski definition) is 2. The number of carbonyl (C=O) groups is 2. The van der Waals surface area contributed by atoms with Crippen molar-refractivity contribution in [1.29, 1.82) is 0 Å². The molecule has 0 saturated heterocycles. The molecule has 0 aromatic heterocycles. The number of rotatable bonds is 8. The second-order valence-electron chi connectivity index (χ2n) is 6.05. The van der Waals surface area contributed by atoms with E-state index in [4.69, 9.17) is 21.7 Å². The van der Waals surface area contributed by atoms with Crippen LogP contribution in [0.4, 0.5) is 5.69 Å². The first kappa shape index (κ1) is 22.8. The fourth-order valence-electron chi connectivity index (χ4n) is 2.33. The molecule has 2 aromatic rings. The lowest BCUT2D eigenvalue weighted by Gasteiger charge is -2.11. The van der Waals surface area contributed by atoms with Crippen molar-refractivity contribution in [1.82, 2.24) is 5.32 Å². The Morgan fingerprint density at radius 3 is 2.38 bits per heavy atom. The number of anilines is 1. The Hall–Kier alpha value is -2.45. The Bertz CT molecular complexity index is 871. The summed E-state index contributed by atoms with van der Waals surface area (Å²) in [5.74, 6) is -0.0395. The molecule has 8 heteroatoms. The van der Waals surface area contributed by atoms with E-state index in [1.807, 2.05) is 13.8 Å². The summed E-state index contributed by atoms with van der Waals surface area (Å²) in [5.41, 5.74) is 1.55. The molecule has 0 fully saturated rings. The van der Waals surface area contributed by atoms with Gasteiger partial charge in [0, 0.05) is 11.3 Å². The maximum atomic E-state index is 12.4. The zero-order valence-corrected chi connectivity index (χ0v) is 18.7. The molecule has 0 unspecified atom stereocenters. The maximum Gasteiger partial charge on any atom is 0.338 e. The molecule has 0 spiro atoms. The number of halogens is 1. The van der Waals surface area contributed by atoms with Crippen LogP contribution in [0.5, 0.6) is 5.75 Å². The molecule has 0 heterocycles. The minimum absolute atomic E-state index is 0.151. The molecule has 0 aliphatic carbocycles. The van der Waals surface area contributed by atoms with E-state index in [9.17, 15) is 9.59 Å². The Balaban J connectivity index is 1.90. The third-order valence-electron chi connectivity index (χ3n) is 3.83. The number of nitrogens with one attached hydrogen (secondary N) is 2. The van der Waals surface area contributed by atoms with Crippen molar-refractivity contribution in [3.63, 3.8) is 0 Å². The predicted octanol–water partition coefficient (Wildman–Crippen LogP) is 4.93. The van der Waals surface area contributed by atoms with Gasteiger partial charge in [0.05, 0.1) is 23.2 Å². The number of carbonyl (C=O) groups excluding carboxylic acids is 2. The van der Waals surface area contributed by atoms with E-state index in [1.54, 1.807) is 42.5 Å². The van der Waals surface area contributed by atoms with Crippen LogP contribution in [0.1, 0.15) is 47.4 Å². The summed E-state index contributed by atoms with van der Waals surface area (Å²) in [5, 5.41) is 5.69. The van der Waals surface area contributed by atoms with Crippen LogP contribution in [0.3, 0.4) is 0 Å². The zero-order valence-electron chi connectivity index (χ0n) is 16.3. The highest BCUT2D eigenvalue weighted by atomic mass is 79.9.